The largest absolute Gasteiger partial charge is 0.361 e. The van der Waals surface area contributed by atoms with Crippen LogP contribution in [0.4, 0.5) is 4.39 Å². The zero-order chi connectivity index (χ0) is 17.8. The van der Waals surface area contributed by atoms with Crippen LogP contribution in [-0.4, -0.2) is 29.5 Å². The predicted octanol–water partition coefficient (Wildman–Crippen LogP) is 5.51. The fraction of sp³-hybridized carbons (Fsp3) is 0.391. The average Bonchev–Trinajstić information content (AvgIpc) is 3.09. The summed E-state index contributed by atoms with van der Waals surface area (Å²) in [6.45, 7) is 3.26. The van der Waals surface area contributed by atoms with Crippen LogP contribution in [0.2, 0.25) is 0 Å². The average molecular weight is 350 g/mol. The number of aryl methyl sites for hydroxylation is 1. The molecule has 2 aromatic carbocycles. The Kier molecular flexibility index (Phi) is 5.35. The van der Waals surface area contributed by atoms with Gasteiger partial charge in [-0.05, 0) is 74.4 Å². The summed E-state index contributed by atoms with van der Waals surface area (Å²) in [6.07, 6.45) is 7.94. The number of unbranched alkanes of at least 4 members (excludes halogenated alkanes) is 1. The number of halogens is 1. The molecule has 1 atom stereocenters. The standard InChI is InChI=1S/C23H27FN2/c24-22-12-3-1-10-20(22)19-9-7-15-26(17-19)14-6-5-8-18-16-25-23-13-4-2-11-21(18)23/h1-4,10-13,16,19,25H,5-9,14-15,17H2. The number of aromatic nitrogens is 1. The Morgan fingerprint density at radius 3 is 2.81 bits per heavy atom. The van der Waals surface area contributed by atoms with Gasteiger partial charge in [0.1, 0.15) is 5.82 Å². The molecule has 0 saturated carbocycles. The number of benzene rings is 2. The topological polar surface area (TPSA) is 19.0 Å². The molecule has 136 valence electrons. The van der Waals surface area contributed by atoms with Gasteiger partial charge in [-0.3, -0.25) is 0 Å². The monoisotopic (exact) mass is 350 g/mol. The molecule has 2 heterocycles. The lowest BCUT2D eigenvalue weighted by Gasteiger charge is -2.33. The van der Waals surface area contributed by atoms with E-state index in [1.54, 1.807) is 12.1 Å². The number of nitrogens with zero attached hydrogens (tertiary/aromatic N) is 1. The highest BCUT2D eigenvalue weighted by molar-refractivity contribution is 5.82. The summed E-state index contributed by atoms with van der Waals surface area (Å²) in [7, 11) is 0. The molecule has 0 spiro atoms. The van der Waals surface area contributed by atoms with Gasteiger partial charge >= 0.3 is 0 Å². The maximum atomic E-state index is 14.1. The van der Waals surface area contributed by atoms with E-state index in [-0.39, 0.29) is 5.82 Å². The SMILES string of the molecule is Fc1ccccc1C1CCCN(CCCCc2c[nH]c3ccccc23)C1. The highest BCUT2D eigenvalue weighted by Crippen LogP contribution is 2.29. The van der Waals surface area contributed by atoms with E-state index in [0.717, 1.165) is 38.0 Å². The summed E-state index contributed by atoms with van der Waals surface area (Å²) >= 11 is 0. The molecule has 0 aliphatic carbocycles. The van der Waals surface area contributed by atoms with E-state index in [0.29, 0.717) is 5.92 Å². The molecule has 1 unspecified atom stereocenters. The third-order valence-electron chi connectivity index (χ3n) is 5.70. The van der Waals surface area contributed by atoms with E-state index in [9.17, 15) is 4.39 Å². The number of para-hydroxylation sites is 1. The van der Waals surface area contributed by atoms with Crippen molar-refractivity contribution in [2.24, 2.45) is 0 Å². The van der Waals surface area contributed by atoms with Crippen molar-refractivity contribution in [2.75, 3.05) is 19.6 Å². The van der Waals surface area contributed by atoms with Crippen molar-refractivity contribution in [1.29, 1.82) is 0 Å². The molecule has 3 heteroatoms. The molecule has 0 bridgehead atoms. The Hall–Kier alpha value is -2.13. The number of rotatable bonds is 6. The molecule has 0 amide bonds. The third kappa shape index (κ3) is 3.83. The first kappa shape index (κ1) is 17.3. The van der Waals surface area contributed by atoms with Crippen molar-refractivity contribution in [2.45, 2.75) is 38.0 Å². The maximum absolute atomic E-state index is 14.1. The molecule has 2 nitrogen and oxygen atoms in total. The number of hydrogen-bond acceptors (Lipinski definition) is 1. The Labute approximate surface area is 155 Å². The molecule has 1 saturated heterocycles. The molecule has 1 fully saturated rings. The van der Waals surface area contributed by atoms with E-state index in [1.165, 1.54) is 35.7 Å². The van der Waals surface area contributed by atoms with E-state index in [2.05, 4.69) is 40.3 Å². The van der Waals surface area contributed by atoms with Crippen LogP contribution in [0.25, 0.3) is 10.9 Å². The van der Waals surface area contributed by atoms with Crippen LogP contribution in [0.5, 0.6) is 0 Å². The molecule has 4 rings (SSSR count). The molecule has 1 aromatic heterocycles. The van der Waals surface area contributed by atoms with Gasteiger partial charge in [-0.1, -0.05) is 36.4 Å². The van der Waals surface area contributed by atoms with Crippen LogP contribution in [0.15, 0.2) is 54.7 Å². The minimum absolute atomic E-state index is 0.0429. The lowest BCUT2D eigenvalue weighted by atomic mass is 9.90. The second-order valence-electron chi connectivity index (χ2n) is 7.48. The Bertz CT molecular complexity index is 854. The summed E-state index contributed by atoms with van der Waals surface area (Å²) in [5, 5.41) is 1.35. The number of nitrogens with one attached hydrogen (secondary N) is 1. The van der Waals surface area contributed by atoms with Gasteiger partial charge in [-0.2, -0.15) is 0 Å². The second-order valence-corrected chi connectivity index (χ2v) is 7.48. The highest BCUT2D eigenvalue weighted by Gasteiger charge is 2.22. The lowest BCUT2D eigenvalue weighted by Crippen LogP contribution is -2.35. The predicted molar refractivity (Wildman–Crippen MR) is 106 cm³/mol. The van der Waals surface area contributed by atoms with Gasteiger partial charge in [0.15, 0.2) is 0 Å². The van der Waals surface area contributed by atoms with Crippen molar-refractivity contribution in [1.82, 2.24) is 9.88 Å². The fourth-order valence-corrected chi connectivity index (χ4v) is 4.31. The van der Waals surface area contributed by atoms with Gasteiger partial charge in [0.2, 0.25) is 0 Å². The Balaban J connectivity index is 1.27. The van der Waals surface area contributed by atoms with E-state index in [1.807, 2.05) is 12.1 Å². The van der Waals surface area contributed by atoms with Gasteiger partial charge in [0.05, 0.1) is 0 Å². The zero-order valence-electron chi connectivity index (χ0n) is 15.3. The summed E-state index contributed by atoms with van der Waals surface area (Å²) in [5.74, 6) is 0.303. The molecule has 3 aromatic rings. The molecular weight excluding hydrogens is 323 g/mol. The maximum Gasteiger partial charge on any atom is 0.126 e. The van der Waals surface area contributed by atoms with Crippen LogP contribution in [0.3, 0.4) is 0 Å². The number of hydrogen-bond donors (Lipinski definition) is 1. The highest BCUT2D eigenvalue weighted by atomic mass is 19.1. The molecule has 1 N–H and O–H groups in total. The number of fused-ring (bicyclic) bond motifs is 1. The second kappa shape index (κ2) is 8.05. The Morgan fingerprint density at radius 1 is 1.04 bits per heavy atom. The van der Waals surface area contributed by atoms with Gasteiger partial charge in [0, 0.05) is 23.6 Å². The molecule has 1 aliphatic rings. The van der Waals surface area contributed by atoms with Crippen molar-refractivity contribution in [3.63, 3.8) is 0 Å². The van der Waals surface area contributed by atoms with E-state index in [4.69, 9.17) is 0 Å². The van der Waals surface area contributed by atoms with Gasteiger partial charge in [0.25, 0.3) is 0 Å². The molecule has 0 radical (unpaired) electrons. The van der Waals surface area contributed by atoms with Crippen molar-refractivity contribution in [3.8, 4) is 0 Å². The summed E-state index contributed by atoms with van der Waals surface area (Å²) < 4.78 is 14.1. The Morgan fingerprint density at radius 2 is 1.88 bits per heavy atom. The zero-order valence-corrected chi connectivity index (χ0v) is 15.3. The normalized spacial score (nSPS) is 18.4. The third-order valence-corrected chi connectivity index (χ3v) is 5.70. The van der Waals surface area contributed by atoms with Gasteiger partial charge < -0.3 is 9.88 Å². The van der Waals surface area contributed by atoms with Crippen LogP contribution in [0, 0.1) is 5.82 Å². The molecule has 1 aliphatic heterocycles. The first-order valence-electron chi connectivity index (χ1n) is 9.83. The molecule has 26 heavy (non-hydrogen) atoms. The van der Waals surface area contributed by atoms with E-state index >= 15 is 0 Å². The first-order valence-corrected chi connectivity index (χ1v) is 9.83. The first-order chi connectivity index (χ1) is 12.8. The van der Waals surface area contributed by atoms with E-state index < -0.39 is 0 Å². The van der Waals surface area contributed by atoms with Crippen LogP contribution >= 0.6 is 0 Å². The van der Waals surface area contributed by atoms with Gasteiger partial charge in [-0.25, -0.2) is 4.39 Å². The van der Waals surface area contributed by atoms with Crippen molar-refractivity contribution >= 4 is 10.9 Å². The lowest BCUT2D eigenvalue weighted by molar-refractivity contribution is 0.202. The fourth-order valence-electron chi connectivity index (χ4n) is 4.31. The number of aromatic amines is 1. The number of H-pyrrole nitrogens is 1. The summed E-state index contributed by atoms with van der Waals surface area (Å²) in [4.78, 5) is 5.89. The summed E-state index contributed by atoms with van der Waals surface area (Å²) in [5.41, 5.74) is 3.55. The van der Waals surface area contributed by atoms with Crippen molar-refractivity contribution < 1.29 is 4.39 Å². The van der Waals surface area contributed by atoms with Crippen LogP contribution in [-0.2, 0) is 6.42 Å². The number of piperidine rings is 1. The number of likely N-dealkylation sites (tertiary alicyclic amines) is 1. The quantitative estimate of drug-likeness (QED) is 0.581. The smallest absolute Gasteiger partial charge is 0.126 e. The van der Waals surface area contributed by atoms with Gasteiger partial charge in [-0.15, -0.1) is 0 Å². The molecular formula is C23H27FN2. The minimum atomic E-state index is -0.0429. The minimum Gasteiger partial charge on any atom is -0.361 e. The summed E-state index contributed by atoms with van der Waals surface area (Å²) in [6, 6.07) is 15.8. The van der Waals surface area contributed by atoms with Crippen LogP contribution in [0.1, 0.15) is 42.7 Å². The van der Waals surface area contributed by atoms with Crippen molar-refractivity contribution in [3.05, 3.63) is 71.7 Å². The van der Waals surface area contributed by atoms with Crippen LogP contribution < -0.4 is 0 Å².